The lowest BCUT2D eigenvalue weighted by Crippen LogP contribution is -2.37. The quantitative estimate of drug-likeness (QED) is 0.642. The maximum absolute atomic E-state index is 2.41. The zero-order valence-corrected chi connectivity index (χ0v) is 11.0. The van der Waals surface area contributed by atoms with E-state index in [2.05, 4.69) is 50.8 Å². The van der Waals surface area contributed by atoms with Gasteiger partial charge in [0.1, 0.15) is 0 Å². The Kier molecular flexibility index (Phi) is 2.28. The fourth-order valence-electron chi connectivity index (χ4n) is 1.84. The first kappa shape index (κ1) is 9.93. The molecule has 0 unspecified atom stereocenters. The van der Waals surface area contributed by atoms with Crippen molar-refractivity contribution in [3.63, 3.8) is 0 Å². The first-order valence-corrected chi connectivity index (χ1v) is 9.30. The smallest absolute Gasteiger partial charge is 0.0784 e. The monoisotopic (exact) mass is 220 g/mol. The molecule has 0 radical (unpaired) electrons. The van der Waals surface area contributed by atoms with Crippen molar-refractivity contribution in [2.75, 3.05) is 0 Å². The zero-order valence-electron chi connectivity index (χ0n) is 9.22. The summed E-state index contributed by atoms with van der Waals surface area (Å²) in [6.45, 7) is 9.43. The van der Waals surface area contributed by atoms with Gasteiger partial charge in [-0.15, -0.1) is 11.3 Å². The fraction of sp³-hybridized carbons (Fsp3) is 0.333. The highest BCUT2D eigenvalue weighted by Gasteiger charge is 2.19. The molecule has 2 heteroatoms. The van der Waals surface area contributed by atoms with Crippen LogP contribution in [-0.4, -0.2) is 8.07 Å². The van der Waals surface area contributed by atoms with Crippen LogP contribution in [0.2, 0.25) is 19.6 Å². The summed E-state index contributed by atoms with van der Waals surface area (Å²) in [6.07, 6.45) is 0. The average molecular weight is 220 g/mol. The minimum absolute atomic E-state index is 1.18. The third-order valence-corrected chi connectivity index (χ3v) is 5.56. The second-order valence-corrected chi connectivity index (χ2v) is 11.2. The molecule has 0 amide bonds. The predicted molar refractivity (Wildman–Crippen MR) is 69.5 cm³/mol. The lowest BCUT2D eigenvalue weighted by Gasteiger charge is -2.17. The van der Waals surface area contributed by atoms with Crippen LogP contribution < -0.4 is 5.19 Å². The number of hydrogen-bond donors (Lipinski definition) is 0. The van der Waals surface area contributed by atoms with Gasteiger partial charge in [-0.1, -0.05) is 37.0 Å². The summed E-state index contributed by atoms with van der Waals surface area (Å²) in [4.78, 5) is 1.42. The van der Waals surface area contributed by atoms with Gasteiger partial charge >= 0.3 is 0 Å². The van der Waals surface area contributed by atoms with Gasteiger partial charge < -0.3 is 0 Å². The molecule has 0 aliphatic heterocycles. The van der Waals surface area contributed by atoms with Crippen molar-refractivity contribution in [2.45, 2.75) is 26.6 Å². The number of aryl methyl sites for hydroxylation is 1. The molecule has 0 fully saturated rings. The maximum atomic E-state index is 2.41. The summed E-state index contributed by atoms with van der Waals surface area (Å²) in [5, 5.41) is 3.09. The SMILES string of the molecule is Cc1cc2c([Si](C)(C)C)cccc2s1. The highest BCUT2D eigenvalue weighted by atomic mass is 32.1. The van der Waals surface area contributed by atoms with Crippen molar-refractivity contribution in [1.29, 1.82) is 0 Å². The van der Waals surface area contributed by atoms with Crippen molar-refractivity contribution in [1.82, 2.24) is 0 Å². The standard InChI is InChI=1S/C12H16SSi/c1-9-8-10-11(13-9)6-5-7-12(10)14(2,3)4/h5-8H,1-4H3. The van der Waals surface area contributed by atoms with E-state index < -0.39 is 8.07 Å². The molecule has 0 saturated heterocycles. The van der Waals surface area contributed by atoms with Gasteiger partial charge in [0.25, 0.3) is 0 Å². The molecule has 0 nitrogen and oxygen atoms in total. The fourth-order valence-corrected chi connectivity index (χ4v) is 4.49. The summed E-state index contributed by atoms with van der Waals surface area (Å²) in [5.41, 5.74) is 0. The number of hydrogen-bond acceptors (Lipinski definition) is 1. The summed E-state index contributed by atoms with van der Waals surface area (Å²) in [5.74, 6) is 0. The summed E-state index contributed by atoms with van der Waals surface area (Å²) < 4.78 is 1.45. The van der Waals surface area contributed by atoms with Gasteiger partial charge in [-0.3, -0.25) is 0 Å². The molecule has 2 rings (SSSR count). The van der Waals surface area contributed by atoms with Gasteiger partial charge in [-0.25, -0.2) is 0 Å². The van der Waals surface area contributed by atoms with Crippen LogP contribution in [0.5, 0.6) is 0 Å². The van der Waals surface area contributed by atoms with Crippen molar-refractivity contribution >= 4 is 34.7 Å². The van der Waals surface area contributed by atoms with Gasteiger partial charge in [0.2, 0.25) is 0 Å². The Balaban J connectivity index is 2.77. The van der Waals surface area contributed by atoms with Crippen molar-refractivity contribution in [3.8, 4) is 0 Å². The van der Waals surface area contributed by atoms with Gasteiger partial charge in [0, 0.05) is 9.58 Å². The Morgan fingerprint density at radius 3 is 2.50 bits per heavy atom. The van der Waals surface area contributed by atoms with Crippen molar-refractivity contribution in [3.05, 3.63) is 29.1 Å². The number of thiophene rings is 1. The Morgan fingerprint density at radius 1 is 1.14 bits per heavy atom. The minimum atomic E-state index is -1.18. The molecule has 0 spiro atoms. The summed E-state index contributed by atoms with van der Waals surface area (Å²) in [6, 6.07) is 9.08. The molecule has 0 aliphatic carbocycles. The lowest BCUT2D eigenvalue weighted by molar-refractivity contribution is 1.65. The molecule has 14 heavy (non-hydrogen) atoms. The minimum Gasteiger partial charge on any atom is -0.141 e. The Bertz CT molecular complexity index is 463. The summed E-state index contributed by atoms with van der Waals surface area (Å²) in [7, 11) is -1.18. The van der Waals surface area contributed by atoms with E-state index in [0.29, 0.717) is 0 Å². The Morgan fingerprint density at radius 2 is 1.86 bits per heavy atom. The molecule has 74 valence electrons. The number of benzene rings is 1. The second-order valence-electron chi connectivity index (χ2n) is 4.82. The third-order valence-electron chi connectivity index (χ3n) is 2.49. The molecular formula is C12H16SSi. The van der Waals surface area contributed by atoms with Crippen molar-refractivity contribution in [2.24, 2.45) is 0 Å². The van der Waals surface area contributed by atoms with E-state index >= 15 is 0 Å². The van der Waals surface area contributed by atoms with Crippen LogP contribution in [0.15, 0.2) is 24.3 Å². The molecule has 2 aromatic rings. The van der Waals surface area contributed by atoms with Gasteiger partial charge in [0.05, 0.1) is 8.07 Å². The first-order chi connectivity index (χ1) is 6.48. The maximum Gasteiger partial charge on any atom is 0.0784 e. The third kappa shape index (κ3) is 1.64. The zero-order chi connectivity index (χ0) is 10.3. The average Bonchev–Trinajstić information content (AvgIpc) is 2.41. The van der Waals surface area contributed by atoms with Crippen LogP contribution in [-0.2, 0) is 0 Å². The molecule has 0 aliphatic rings. The highest BCUT2D eigenvalue weighted by Crippen LogP contribution is 2.25. The second kappa shape index (κ2) is 3.21. The molecule has 0 bridgehead atoms. The van der Waals surface area contributed by atoms with Gasteiger partial charge in [-0.05, 0) is 24.4 Å². The van der Waals surface area contributed by atoms with E-state index in [-0.39, 0.29) is 0 Å². The van der Waals surface area contributed by atoms with E-state index in [1.54, 1.807) is 5.19 Å². The van der Waals surface area contributed by atoms with Crippen LogP contribution in [0.25, 0.3) is 10.1 Å². The van der Waals surface area contributed by atoms with Crippen LogP contribution in [0.1, 0.15) is 4.88 Å². The van der Waals surface area contributed by atoms with E-state index in [1.807, 2.05) is 11.3 Å². The number of fused-ring (bicyclic) bond motifs is 1. The van der Waals surface area contributed by atoms with Gasteiger partial charge in [-0.2, -0.15) is 0 Å². The summed E-state index contributed by atoms with van der Waals surface area (Å²) >= 11 is 1.90. The van der Waals surface area contributed by atoms with E-state index in [0.717, 1.165) is 0 Å². The van der Waals surface area contributed by atoms with Crippen LogP contribution >= 0.6 is 11.3 Å². The predicted octanol–water partition coefficient (Wildman–Crippen LogP) is 3.75. The highest BCUT2D eigenvalue weighted by molar-refractivity contribution is 7.19. The van der Waals surface area contributed by atoms with E-state index in [4.69, 9.17) is 0 Å². The number of rotatable bonds is 1. The van der Waals surface area contributed by atoms with Crippen LogP contribution in [0.3, 0.4) is 0 Å². The van der Waals surface area contributed by atoms with Gasteiger partial charge in [0.15, 0.2) is 0 Å². The molecule has 1 heterocycles. The molecular weight excluding hydrogens is 204 g/mol. The largest absolute Gasteiger partial charge is 0.141 e. The van der Waals surface area contributed by atoms with Crippen molar-refractivity contribution < 1.29 is 0 Å². The molecule has 1 aromatic carbocycles. The molecule has 1 aromatic heterocycles. The van der Waals surface area contributed by atoms with E-state index in [9.17, 15) is 0 Å². The van der Waals surface area contributed by atoms with Crippen LogP contribution in [0.4, 0.5) is 0 Å². The van der Waals surface area contributed by atoms with Crippen LogP contribution in [0, 0.1) is 6.92 Å². The molecule has 0 atom stereocenters. The first-order valence-electron chi connectivity index (χ1n) is 4.98. The Hall–Kier alpha value is -0.603. The topological polar surface area (TPSA) is 0 Å². The van der Waals surface area contributed by atoms with E-state index in [1.165, 1.54) is 15.0 Å². The molecule has 0 N–H and O–H groups in total. The molecule has 0 saturated carbocycles. The lowest BCUT2D eigenvalue weighted by atomic mass is 10.2. The normalized spacial score (nSPS) is 12.3. The Labute approximate surface area is 90.6 Å².